The van der Waals surface area contributed by atoms with Gasteiger partial charge < -0.3 is 0 Å². The van der Waals surface area contributed by atoms with E-state index in [4.69, 9.17) is 0 Å². The SMILES string of the molecule is CC(C)(C)c1ccc(C(=O)C2CC3CCC(C2)S3)cc1. The summed E-state index contributed by atoms with van der Waals surface area (Å²) in [5.74, 6) is 0.650. The van der Waals surface area contributed by atoms with Crippen LogP contribution >= 0.6 is 11.8 Å². The average Bonchev–Trinajstić information content (AvgIpc) is 2.76. The number of benzene rings is 1. The van der Waals surface area contributed by atoms with E-state index in [2.05, 4.69) is 44.7 Å². The molecule has 2 heterocycles. The maximum absolute atomic E-state index is 12.7. The highest BCUT2D eigenvalue weighted by atomic mass is 32.2. The summed E-state index contributed by atoms with van der Waals surface area (Å²) < 4.78 is 0. The van der Waals surface area contributed by atoms with Crippen molar-refractivity contribution in [3.8, 4) is 0 Å². The first-order valence-corrected chi connectivity index (χ1v) is 8.68. The molecule has 0 aromatic heterocycles. The average molecular weight is 288 g/mol. The third-order valence-electron chi connectivity index (χ3n) is 4.70. The van der Waals surface area contributed by atoms with E-state index in [1.165, 1.54) is 18.4 Å². The molecule has 1 nitrogen and oxygen atoms in total. The van der Waals surface area contributed by atoms with Crippen LogP contribution in [-0.4, -0.2) is 16.3 Å². The van der Waals surface area contributed by atoms with Gasteiger partial charge in [-0.3, -0.25) is 4.79 Å². The molecule has 0 aliphatic carbocycles. The normalized spacial score (nSPS) is 29.4. The third-order valence-corrected chi connectivity index (χ3v) is 6.32. The molecule has 108 valence electrons. The lowest BCUT2D eigenvalue weighted by molar-refractivity contribution is 0.0907. The van der Waals surface area contributed by atoms with E-state index in [1.807, 2.05) is 12.1 Å². The summed E-state index contributed by atoms with van der Waals surface area (Å²) in [7, 11) is 0. The Kier molecular flexibility index (Phi) is 3.70. The Balaban J connectivity index is 1.74. The predicted molar refractivity (Wildman–Crippen MR) is 86.6 cm³/mol. The molecule has 20 heavy (non-hydrogen) atoms. The molecule has 0 saturated carbocycles. The molecule has 0 N–H and O–H groups in total. The van der Waals surface area contributed by atoms with Crippen LogP contribution in [0, 0.1) is 5.92 Å². The van der Waals surface area contributed by atoms with Crippen LogP contribution in [0.3, 0.4) is 0 Å². The zero-order valence-electron chi connectivity index (χ0n) is 12.7. The number of rotatable bonds is 2. The smallest absolute Gasteiger partial charge is 0.166 e. The van der Waals surface area contributed by atoms with E-state index in [-0.39, 0.29) is 11.3 Å². The van der Waals surface area contributed by atoms with Crippen LogP contribution in [0.15, 0.2) is 24.3 Å². The summed E-state index contributed by atoms with van der Waals surface area (Å²) in [6.45, 7) is 6.62. The van der Waals surface area contributed by atoms with Gasteiger partial charge in [0.1, 0.15) is 0 Å². The van der Waals surface area contributed by atoms with Crippen molar-refractivity contribution in [1.82, 2.24) is 0 Å². The number of fused-ring (bicyclic) bond motifs is 2. The number of Topliss-reactive ketones (excluding diaryl/α,β-unsaturated/α-hetero) is 1. The first-order valence-electron chi connectivity index (χ1n) is 7.74. The van der Waals surface area contributed by atoms with E-state index < -0.39 is 0 Å². The maximum atomic E-state index is 12.7. The van der Waals surface area contributed by atoms with Gasteiger partial charge in [0.2, 0.25) is 0 Å². The first-order chi connectivity index (χ1) is 9.43. The van der Waals surface area contributed by atoms with Crippen molar-refractivity contribution in [2.24, 2.45) is 5.92 Å². The van der Waals surface area contributed by atoms with Crippen LogP contribution in [0.4, 0.5) is 0 Å². The zero-order chi connectivity index (χ0) is 14.3. The molecule has 1 aromatic rings. The second-order valence-electron chi connectivity index (χ2n) is 7.32. The van der Waals surface area contributed by atoms with Gasteiger partial charge in [-0.15, -0.1) is 0 Å². The van der Waals surface area contributed by atoms with Crippen molar-refractivity contribution in [3.63, 3.8) is 0 Å². The van der Waals surface area contributed by atoms with Gasteiger partial charge in [0.05, 0.1) is 0 Å². The molecular weight excluding hydrogens is 264 g/mol. The minimum absolute atomic E-state index is 0.155. The van der Waals surface area contributed by atoms with Crippen molar-refractivity contribution in [2.45, 2.75) is 62.4 Å². The fourth-order valence-electron chi connectivity index (χ4n) is 3.44. The number of carbonyl (C=O) groups is 1. The quantitative estimate of drug-likeness (QED) is 0.724. The summed E-state index contributed by atoms with van der Waals surface area (Å²) in [6, 6.07) is 8.32. The second kappa shape index (κ2) is 5.22. The maximum Gasteiger partial charge on any atom is 0.166 e. The lowest BCUT2D eigenvalue weighted by Crippen LogP contribution is -2.25. The summed E-state index contributed by atoms with van der Waals surface area (Å²) in [5, 5.41) is 1.49. The van der Waals surface area contributed by atoms with Gasteiger partial charge >= 0.3 is 0 Å². The highest BCUT2D eigenvalue weighted by Crippen LogP contribution is 2.46. The molecule has 2 unspecified atom stereocenters. The fourth-order valence-corrected chi connectivity index (χ4v) is 5.22. The summed E-state index contributed by atoms with van der Waals surface area (Å²) in [6.07, 6.45) is 4.84. The van der Waals surface area contributed by atoms with Crippen LogP contribution in [-0.2, 0) is 5.41 Å². The number of ketones is 1. The molecular formula is C18H24OS. The van der Waals surface area contributed by atoms with Crippen LogP contribution in [0.5, 0.6) is 0 Å². The van der Waals surface area contributed by atoms with Gasteiger partial charge in [-0.1, -0.05) is 45.0 Å². The van der Waals surface area contributed by atoms with Gasteiger partial charge in [0.25, 0.3) is 0 Å². The van der Waals surface area contributed by atoms with E-state index in [1.54, 1.807) is 0 Å². The molecule has 2 atom stereocenters. The Morgan fingerprint density at radius 3 is 2.10 bits per heavy atom. The second-order valence-corrected chi connectivity index (χ2v) is 8.92. The van der Waals surface area contributed by atoms with Crippen molar-refractivity contribution in [1.29, 1.82) is 0 Å². The Bertz CT molecular complexity index is 485. The van der Waals surface area contributed by atoms with Gasteiger partial charge in [-0.05, 0) is 36.7 Å². The minimum atomic E-state index is 0.155. The largest absolute Gasteiger partial charge is 0.294 e. The fraction of sp³-hybridized carbons (Fsp3) is 0.611. The number of hydrogen-bond donors (Lipinski definition) is 0. The molecule has 2 fully saturated rings. The Morgan fingerprint density at radius 2 is 1.60 bits per heavy atom. The van der Waals surface area contributed by atoms with Crippen molar-refractivity contribution in [3.05, 3.63) is 35.4 Å². The van der Waals surface area contributed by atoms with Crippen LogP contribution in [0.2, 0.25) is 0 Å². The molecule has 0 spiro atoms. The summed E-state index contributed by atoms with van der Waals surface area (Å²) >= 11 is 2.12. The molecule has 2 bridgehead atoms. The third kappa shape index (κ3) is 2.81. The Hall–Kier alpha value is -0.760. The predicted octanol–water partition coefficient (Wildman–Crippen LogP) is 4.84. The van der Waals surface area contributed by atoms with Crippen molar-refractivity contribution < 1.29 is 4.79 Å². The Morgan fingerprint density at radius 1 is 1.05 bits per heavy atom. The molecule has 0 amide bonds. The molecule has 2 saturated heterocycles. The molecule has 1 aromatic carbocycles. The topological polar surface area (TPSA) is 17.1 Å². The van der Waals surface area contributed by atoms with Crippen molar-refractivity contribution >= 4 is 17.5 Å². The van der Waals surface area contributed by atoms with Gasteiger partial charge in [0, 0.05) is 22.0 Å². The highest BCUT2D eigenvalue weighted by Gasteiger charge is 2.37. The standard InChI is InChI=1S/C18H24OS/c1-18(2,3)14-6-4-12(5-7-14)17(19)13-10-15-8-9-16(11-13)20-15/h4-7,13,15-16H,8-11H2,1-3H3. The van der Waals surface area contributed by atoms with Crippen molar-refractivity contribution in [2.75, 3.05) is 0 Å². The molecule has 2 aliphatic rings. The highest BCUT2D eigenvalue weighted by molar-refractivity contribution is 8.00. The monoisotopic (exact) mass is 288 g/mol. The van der Waals surface area contributed by atoms with Crippen LogP contribution in [0.25, 0.3) is 0 Å². The lowest BCUT2D eigenvalue weighted by atomic mass is 9.85. The number of hydrogen-bond acceptors (Lipinski definition) is 2. The van der Waals surface area contributed by atoms with Gasteiger partial charge in [0.15, 0.2) is 5.78 Å². The van der Waals surface area contributed by atoms with E-state index in [9.17, 15) is 4.79 Å². The first kappa shape index (κ1) is 14.2. The number of carbonyl (C=O) groups excluding carboxylic acids is 1. The van der Waals surface area contributed by atoms with E-state index >= 15 is 0 Å². The zero-order valence-corrected chi connectivity index (χ0v) is 13.5. The summed E-state index contributed by atoms with van der Waals surface area (Å²) in [4.78, 5) is 12.7. The Labute approximate surface area is 126 Å². The van der Waals surface area contributed by atoms with Crippen LogP contribution in [0.1, 0.15) is 62.4 Å². The summed E-state index contributed by atoms with van der Waals surface area (Å²) in [5.41, 5.74) is 2.37. The van der Waals surface area contributed by atoms with E-state index in [0.29, 0.717) is 5.78 Å². The van der Waals surface area contributed by atoms with Gasteiger partial charge in [-0.2, -0.15) is 11.8 Å². The number of thioether (sulfide) groups is 1. The van der Waals surface area contributed by atoms with E-state index in [0.717, 1.165) is 28.9 Å². The van der Waals surface area contributed by atoms with Gasteiger partial charge in [-0.25, -0.2) is 0 Å². The molecule has 2 heteroatoms. The molecule has 3 rings (SSSR count). The van der Waals surface area contributed by atoms with Crippen LogP contribution < -0.4 is 0 Å². The lowest BCUT2D eigenvalue weighted by Gasteiger charge is -2.26. The molecule has 2 aliphatic heterocycles. The molecule has 0 radical (unpaired) electrons. The minimum Gasteiger partial charge on any atom is -0.294 e.